The van der Waals surface area contributed by atoms with E-state index in [4.69, 9.17) is 11.5 Å². The Bertz CT molecular complexity index is 218. The molecule has 0 aliphatic rings. The minimum Gasteiger partial charge on any atom is -0.368 e. The summed E-state index contributed by atoms with van der Waals surface area (Å²) in [5.41, 5.74) is 10.7. The molecular formula is C9H19N3O2. The molecule has 3 atom stereocenters. The quantitative estimate of drug-likeness (QED) is 0.551. The highest BCUT2D eigenvalue weighted by molar-refractivity contribution is 5.88. The smallest absolute Gasteiger partial charge is 0.239 e. The summed E-state index contributed by atoms with van der Waals surface area (Å²) in [6.45, 7) is 5.37. The van der Waals surface area contributed by atoms with Crippen LogP contribution in [0.2, 0.25) is 0 Å². The molecule has 14 heavy (non-hydrogen) atoms. The fourth-order valence-corrected chi connectivity index (χ4v) is 0.893. The van der Waals surface area contributed by atoms with Gasteiger partial charge in [0.25, 0.3) is 0 Å². The maximum absolute atomic E-state index is 11.4. The summed E-state index contributed by atoms with van der Waals surface area (Å²) in [5.74, 6) is -0.796. The van der Waals surface area contributed by atoms with E-state index in [1.807, 2.05) is 13.8 Å². The summed E-state index contributed by atoms with van der Waals surface area (Å²) in [7, 11) is 0. The molecule has 0 saturated heterocycles. The topological polar surface area (TPSA) is 98.2 Å². The Balaban J connectivity index is 4.14. The first-order valence-electron chi connectivity index (χ1n) is 4.75. The third-order valence-electron chi connectivity index (χ3n) is 2.35. The lowest BCUT2D eigenvalue weighted by molar-refractivity contribution is -0.128. The van der Waals surface area contributed by atoms with Gasteiger partial charge in [0, 0.05) is 0 Å². The van der Waals surface area contributed by atoms with Crippen molar-refractivity contribution in [1.82, 2.24) is 5.32 Å². The molecule has 0 aromatic heterocycles. The van der Waals surface area contributed by atoms with Crippen LogP contribution in [0.5, 0.6) is 0 Å². The van der Waals surface area contributed by atoms with Gasteiger partial charge in [0.2, 0.25) is 11.8 Å². The van der Waals surface area contributed by atoms with E-state index in [1.54, 1.807) is 0 Å². The van der Waals surface area contributed by atoms with E-state index in [0.29, 0.717) is 0 Å². The number of carbonyl (C=O) groups is 2. The third-order valence-corrected chi connectivity index (χ3v) is 2.35. The normalized spacial score (nSPS) is 16.9. The van der Waals surface area contributed by atoms with Crippen molar-refractivity contribution in [2.45, 2.75) is 39.3 Å². The molecule has 1 unspecified atom stereocenters. The Hall–Kier alpha value is -1.10. The minimum absolute atomic E-state index is 0.0927. The lowest BCUT2D eigenvalue weighted by Crippen LogP contribution is -2.51. The highest BCUT2D eigenvalue weighted by Gasteiger charge is 2.21. The first kappa shape index (κ1) is 12.9. The van der Waals surface area contributed by atoms with E-state index in [0.717, 1.165) is 6.42 Å². The van der Waals surface area contributed by atoms with E-state index in [2.05, 4.69) is 5.32 Å². The van der Waals surface area contributed by atoms with Gasteiger partial charge in [-0.05, 0) is 12.8 Å². The molecule has 0 saturated carbocycles. The number of nitrogens with two attached hydrogens (primary N) is 2. The zero-order valence-corrected chi connectivity index (χ0v) is 8.91. The van der Waals surface area contributed by atoms with Crippen LogP contribution in [0.3, 0.4) is 0 Å². The fourth-order valence-electron chi connectivity index (χ4n) is 0.893. The van der Waals surface area contributed by atoms with Crippen molar-refractivity contribution in [2.24, 2.45) is 17.4 Å². The average molecular weight is 201 g/mol. The van der Waals surface area contributed by atoms with E-state index in [9.17, 15) is 9.59 Å². The number of rotatable bonds is 5. The van der Waals surface area contributed by atoms with Crippen LogP contribution in [0.1, 0.15) is 27.2 Å². The summed E-state index contributed by atoms with van der Waals surface area (Å²) in [4.78, 5) is 22.1. The molecule has 2 amide bonds. The molecule has 0 aliphatic heterocycles. The summed E-state index contributed by atoms with van der Waals surface area (Å²) >= 11 is 0. The van der Waals surface area contributed by atoms with Gasteiger partial charge in [-0.2, -0.15) is 0 Å². The fraction of sp³-hybridized carbons (Fsp3) is 0.778. The highest BCUT2D eigenvalue weighted by atomic mass is 16.2. The Morgan fingerprint density at radius 3 is 2.21 bits per heavy atom. The van der Waals surface area contributed by atoms with E-state index in [-0.39, 0.29) is 11.8 Å². The molecule has 5 N–H and O–H groups in total. The van der Waals surface area contributed by atoms with Crippen LogP contribution in [0, 0.1) is 5.92 Å². The van der Waals surface area contributed by atoms with Crippen molar-refractivity contribution < 1.29 is 9.59 Å². The van der Waals surface area contributed by atoms with Crippen molar-refractivity contribution in [3.8, 4) is 0 Å². The second-order valence-corrected chi connectivity index (χ2v) is 3.54. The van der Waals surface area contributed by atoms with Crippen LogP contribution >= 0.6 is 0 Å². The van der Waals surface area contributed by atoms with Gasteiger partial charge in [0.05, 0.1) is 6.04 Å². The second-order valence-electron chi connectivity index (χ2n) is 3.54. The average Bonchev–Trinajstić information content (AvgIpc) is 2.14. The second kappa shape index (κ2) is 5.59. The lowest BCUT2D eigenvalue weighted by Gasteiger charge is -2.19. The molecule has 0 radical (unpaired) electrons. The van der Waals surface area contributed by atoms with Crippen LogP contribution in [0.25, 0.3) is 0 Å². The molecule has 0 rings (SSSR count). The molecule has 0 heterocycles. The van der Waals surface area contributed by atoms with Gasteiger partial charge in [0.1, 0.15) is 6.04 Å². The Kier molecular flexibility index (Phi) is 5.15. The number of hydrogen-bond acceptors (Lipinski definition) is 3. The van der Waals surface area contributed by atoms with Crippen LogP contribution in [-0.2, 0) is 9.59 Å². The molecule has 5 heteroatoms. The summed E-state index contributed by atoms with van der Waals surface area (Å²) < 4.78 is 0. The molecule has 0 aliphatic carbocycles. The Morgan fingerprint density at radius 1 is 1.36 bits per heavy atom. The van der Waals surface area contributed by atoms with Gasteiger partial charge in [-0.3, -0.25) is 9.59 Å². The molecule has 0 bridgehead atoms. The van der Waals surface area contributed by atoms with Gasteiger partial charge in [0.15, 0.2) is 0 Å². The van der Waals surface area contributed by atoms with E-state index >= 15 is 0 Å². The van der Waals surface area contributed by atoms with Gasteiger partial charge >= 0.3 is 0 Å². The molecule has 82 valence electrons. The number of primary amides is 1. The van der Waals surface area contributed by atoms with E-state index < -0.39 is 18.0 Å². The van der Waals surface area contributed by atoms with Crippen molar-refractivity contribution in [3.63, 3.8) is 0 Å². The third kappa shape index (κ3) is 3.74. The van der Waals surface area contributed by atoms with Crippen LogP contribution in [0.4, 0.5) is 0 Å². The summed E-state index contributed by atoms with van der Waals surface area (Å²) in [6.07, 6.45) is 0.819. The number of amides is 2. The Morgan fingerprint density at radius 2 is 1.86 bits per heavy atom. The maximum atomic E-state index is 11.4. The van der Waals surface area contributed by atoms with Gasteiger partial charge < -0.3 is 16.8 Å². The van der Waals surface area contributed by atoms with Crippen LogP contribution in [-0.4, -0.2) is 23.9 Å². The maximum Gasteiger partial charge on any atom is 0.239 e. The van der Waals surface area contributed by atoms with Crippen molar-refractivity contribution in [2.75, 3.05) is 0 Å². The van der Waals surface area contributed by atoms with E-state index in [1.165, 1.54) is 6.92 Å². The minimum atomic E-state index is -0.669. The molecule has 0 aromatic carbocycles. The van der Waals surface area contributed by atoms with Gasteiger partial charge in [-0.15, -0.1) is 0 Å². The van der Waals surface area contributed by atoms with Crippen LogP contribution < -0.4 is 16.8 Å². The zero-order valence-electron chi connectivity index (χ0n) is 8.91. The number of hydrogen-bond donors (Lipinski definition) is 3. The predicted molar refractivity (Wildman–Crippen MR) is 54.2 cm³/mol. The zero-order chi connectivity index (χ0) is 11.3. The largest absolute Gasteiger partial charge is 0.368 e. The standard InChI is InChI=1S/C9H19N3O2/c1-4-5(2)7(10)9(14)12-6(3)8(11)13/h5-7H,4,10H2,1-3H3,(H2,11,13)(H,12,14)/t5-,6?,7-/m0/s1. The first-order chi connectivity index (χ1) is 6.40. The van der Waals surface area contributed by atoms with Crippen LogP contribution in [0.15, 0.2) is 0 Å². The van der Waals surface area contributed by atoms with Crippen molar-refractivity contribution in [3.05, 3.63) is 0 Å². The highest BCUT2D eigenvalue weighted by Crippen LogP contribution is 2.05. The Labute approximate surface area is 84.2 Å². The molecular weight excluding hydrogens is 182 g/mol. The number of carbonyl (C=O) groups excluding carboxylic acids is 2. The molecule has 0 fully saturated rings. The molecule has 5 nitrogen and oxygen atoms in total. The first-order valence-corrected chi connectivity index (χ1v) is 4.75. The number of nitrogens with one attached hydrogen (secondary N) is 1. The van der Waals surface area contributed by atoms with Crippen molar-refractivity contribution in [1.29, 1.82) is 0 Å². The summed E-state index contributed by atoms with van der Waals surface area (Å²) in [6, 6.07) is -1.25. The van der Waals surface area contributed by atoms with Gasteiger partial charge in [-0.1, -0.05) is 20.3 Å². The monoisotopic (exact) mass is 201 g/mol. The van der Waals surface area contributed by atoms with Crippen molar-refractivity contribution >= 4 is 11.8 Å². The molecule has 0 aromatic rings. The molecule has 0 spiro atoms. The lowest BCUT2D eigenvalue weighted by atomic mass is 9.99. The SMILES string of the molecule is CC[C@H](C)[C@H](N)C(=O)NC(C)C(N)=O. The summed E-state index contributed by atoms with van der Waals surface area (Å²) in [5, 5.41) is 2.46. The van der Waals surface area contributed by atoms with Gasteiger partial charge in [-0.25, -0.2) is 0 Å². The predicted octanol–water partition coefficient (Wildman–Crippen LogP) is -0.650.